The summed E-state index contributed by atoms with van der Waals surface area (Å²) in [6.45, 7) is 4.32. The van der Waals surface area contributed by atoms with Crippen LogP contribution >= 0.6 is 11.3 Å². The van der Waals surface area contributed by atoms with E-state index < -0.39 is 4.92 Å². The second-order valence-electron chi connectivity index (χ2n) is 7.57. The molecule has 162 valence electrons. The van der Waals surface area contributed by atoms with Crippen molar-refractivity contribution >= 4 is 33.7 Å². The van der Waals surface area contributed by atoms with Gasteiger partial charge < -0.3 is 9.80 Å². The molecule has 1 aliphatic rings. The summed E-state index contributed by atoms with van der Waals surface area (Å²) in [6, 6.07) is 13.1. The maximum absolute atomic E-state index is 13.2. The van der Waals surface area contributed by atoms with Crippen LogP contribution in [0.1, 0.15) is 15.4 Å². The quantitative estimate of drug-likeness (QED) is 0.349. The smallest absolute Gasteiger partial charge is 0.287 e. The van der Waals surface area contributed by atoms with Crippen LogP contribution in [0.5, 0.6) is 0 Å². The van der Waals surface area contributed by atoms with Crippen molar-refractivity contribution in [1.82, 2.24) is 19.3 Å². The molecule has 4 heterocycles. The normalized spacial score (nSPS) is 14.2. The number of aromatic nitrogens is 3. The molecule has 0 N–H and O–H groups in total. The van der Waals surface area contributed by atoms with E-state index in [-0.39, 0.29) is 11.6 Å². The van der Waals surface area contributed by atoms with E-state index in [0.29, 0.717) is 36.9 Å². The molecule has 0 radical (unpaired) electrons. The Labute approximate surface area is 187 Å². The summed E-state index contributed by atoms with van der Waals surface area (Å²) < 4.78 is 1.98. The number of anilines is 1. The number of benzene rings is 1. The Balaban J connectivity index is 1.29. The summed E-state index contributed by atoms with van der Waals surface area (Å²) in [6.07, 6.45) is 3.24. The third kappa shape index (κ3) is 3.58. The van der Waals surface area contributed by atoms with E-state index in [9.17, 15) is 14.9 Å². The first kappa shape index (κ1) is 20.1. The maximum atomic E-state index is 13.2. The second kappa shape index (κ2) is 8.04. The fourth-order valence-electron chi connectivity index (χ4n) is 3.85. The number of pyridine rings is 1. The molecule has 0 bridgehead atoms. The monoisotopic (exact) mass is 448 g/mol. The highest BCUT2D eigenvalue weighted by Crippen LogP contribution is 2.28. The first-order valence-corrected chi connectivity index (χ1v) is 11.0. The number of carbonyl (C=O) groups excluding carboxylic acids is 1. The van der Waals surface area contributed by atoms with E-state index in [0.717, 1.165) is 21.9 Å². The molecule has 1 amide bonds. The Kier molecular flexibility index (Phi) is 5.06. The highest BCUT2D eigenvalue weighted by Gasteiger charge is 2.27. The van der Waals surface area contributed by atoms with E-state index in [1.165, 1.54) is 23.6 Å². The van der Waals surface area contributed by atoms with Crippen molar-refractivity contribution in [3.05, 3.63) is 75.5 Å². The standard InChI is InChI=1S/C22H20N6O3S/c1-15-20(32-22-24-18(14-27(15)22)16-5-3-2-4-6-16)21(29)26-11-9-25(10-12-26)19-8-7-17(13-23-19)28(30)31/h2-8,13-14H,9-12H2,1H3. The Morgan fingerprint density at radius 2 is 1.84 bits per heavy atom. The number of imidazole rings is 1. The van der Waals surface area contributed by atoms with Crippen molar-refractivity contribution in [2.75, 3.05) is 31.1 Å². The Morgan fingerprint density at radius 3 is 2.47 bits per heavy atom. The number of hydrogen-bond acceptors (Lipinski definition) is 7. The third-order valence-electron chi connectivity index (χ3n) is 5.65. The number of amides is 1. The minimum atomic E-state index is -0.462. The van der Waals surface area contributed by atoms with Crippen LogP contribution in [-0.2, 0) is 0 Å². The molecule has 0 aliphatic carbocycles. The van der Waals surface area contributed by atoms with Crippen molar-refractivity contribution in [1.29, 1.82) is 0 Å². The van der Waals surface area contributed by atoms with Gasteiger partial charge in [0, 0.05) is 49.7 Å². The van der Waals surface area contributed by atoms with Crippen LogP contribution in [0.2, 0.25) is 0 Å². The topological polar surface area (TPSA) is 96.9 Å². The molecule has 1 saturated heterocycles. The molecule has 0 spiro atoms. The van der Waals surface area contributed by atoms with Gasteiger partial charge in [-0.15, -0.1) is 0 Å². The molecule has 0 unspecified atom stereocenters. The molecule has 10 heteroatoms. The van der Waals surface area contributed by atoms with Gasteiger partial charge >= 0.3 is 0 Å². The van der Waals surface area contributed by atoms with Crippen molar-refractivity contribution in [3.63, 3.8) is 0 Å². The van der Waals surface area contributed by atoms with Gasteiger partial charge in [-0.1, -0.05) is 41.7 Å². The van der Waals surface area contributed by atoms with Gasteiger partial charge in [-0.25, -0.2) is 9.97 Å². The van der Waals surface area contributed by atoms with E-state index in [2.05, 4.69) is 4.98 Å². The van der Waals surface area contributed by atoms with Gasteiger partial charge in [-0.3, -0.25) is 19.3 Å². The predicted molar refractivity (Wildman–Crippen MR) is 122 cm³/mol. The predicted octanol–water partition coefficient (Wildman–Crippen LogP) is 3.64. The molecular weight excluding hydrogens is 428 g/mol. The number of hydrogen-bond donors (Lipinski definition) is 0. The lowest BCUT2D eigenvalue weighted by molar-refractivity contribution is -0.385. The average Bonchev–Trinajstić information content (AvgIpc) is 3.39. The van der Waals surface area contributed by atoms with Gasteiger partial charge in [-0.2, -0.15) is 0 Å². The zero-order valence-corrected chi connectivity index (χ0v) is 18.2. The lowest BCUT2D eigenvalue weighted by Crippen LogP contribution is -2.49. The maximum Gasteiger partial charge on any atom is 0.287 e. The molecule has 32 heavy (non-hydrogen) atoms. The largest absolute Gasteiger partial charge is 0.353 e. The van der Waals surface area contributed by atoms with E-state index in [4.69, 9.17) is 4.98 Å². The van der Waals surface area contributed by atoms with Crippen LogP contribution in [-0.4, -0.2) is 56.3 Å². The molecule has 1 aliphatic heterocycles. The van der Waals surface area contributed by atoms with Crippen LogP contribution in [0.3, 0.4) is 0 Å². The fraction of sp³-hybridized carbons (Fsp3) is 0.227. The molecular formula is C22H20N6O3S. The molecule has 5 rings (SSSR count). The lowest BCUT2D eigenvalue weighted by atomic mass is 10.2. The molecule has 3 aromatic heterocycles. The summed E-state index contributed by atoms with van der Waals surface area (Å²) in [7, 11) is 0. The number of aryl methyl sites for hydroxylation is 1. The minimum absolute atomic E-state index is 0.00979. The number of nitro groups is 1. The minimum Gasteiger partial charge on any atom is -0.353 e. The molecule has 0 atom stereocenters. The summed E-state index contributed by atoms with van der Waals surface area (Å²) in [5.74, 6) is 0.692. The van der Waals surface area contributed by atoms with Crippen molar-refractivity contribution in [2.24, 2.45) is 0 Å². The number of piperazine rings is 1. The SMILES string of the molecule is Cc1c(C(=O)N2CCN(c3ccc([N+](=O)[O-])cn3)CC2)sc2nc(-c3ccccc3)cn12. The zero-order valence-electron chi connectivity index (χ0n) is 17.3. The lowest BCUT2D eigenvalue weighted by Gasteiger charge is -2.35. The number of nitrogens with zero attached hydrogens (tertiary/aromatic N) is 6. The van der Waals surface area contributed by atoms with E-state index in [1.807, 2.05) is 57.7 Å². The fourth-order valence-corrected chi connectivity index (χ4v) is 4.93. The number of fused-ring (bicyclic) bond motifs is 1. The summed E-state index contributed by atoms with van der Waals surface area (Å²) in [4.78, 5) is 37.8. The Morgan fingerprint density at radius 1 is 1.09 bits per heavy atom. The first-order chi connectivity index (χ1) is 15.5. The second-order valence-corrected chi connectivity index (χ2v) is 8.55. The van der Waals surface area contributed by atoms with E-state index in [1.54, 1.807) is 6.07 Å². The molecule has 9 nitrogen and oxygen atoms in total. The number of thiazole rings is 1. The van der Waals surface area contributed by atoms with Gasteiger partial charge in [0.25, 0.3) is 11.6 Å². The van der Waals surface area contributed by atoms with Crippen molar-refractivity contribution < 1.29 is 9.72 Å². The van der Waals surface area contributed by atoms with Gasteiger partial charge in [0.2, 0.25) is 0 Å². The molecule has 4 aromatic rings. The van der Waals surface area contributed by atoms with Crippen LogP contribution in [0.4, 0.5) is 11.5 Å². The van der Waals surface area contributed by atoms with Crippen LogP contribution in [0, 0.1) is 17.0 Å². The van der Waals surface area contributed by atoms with Crippen LogP contribution in [0.15, 0.2) is 54.9 Å². The van der Waals surface area contributed by atoms with E-state index >= 15 is 0 Å². The molecule has 1 aromatic carbocycles. The van der Waals surface area contributed by atoms with Crippen LogP contribution < -0.4 is 4.90 Å². The first-order valence-electron chi connectivity index (χ1n) is 10.2. The zero-order chi connectivity index (χ0) is 22.2. The number of carbonyl (C=O) groups is 1. The number of rotatable bonds is 4. The van der Waals surface area contributed by atoms with Gasteiger partial charge in [0.05, 0.1) is 10.6 Å². The third-order valence-corrected chi connectivity index (χ3v) is 6.80. The average molecular weight is 449 g/mol. The molecule has 0 saturated carbocycles. The highest BCUT2D eigenvalue weighted by atomic mass is 32.1. The van der Waals surface area contributed by atoms with Crippen molar-refractivity contribution in [2.45, 2.75) is 6.92 Å². The van der Waals surface area contributed by atoms with Crippen LogP contribution in [0.25, 0.3) is 16.2 Å². The van der Waals surface area contributed by atoms with Gasteiger partial charge in [0.15, 0.2) is 4.96 Å². The summed E-state index contributed by atoms with van der Waals surface area (Å²) in [5, 5.41) is 10.8. The van der Waals surface area contributed by atoms with Gasteiger partial charge in [-0.05, 0) is 13.0 Å². The summed E-state index contributed by atoms with van der Waals surface area (Å²) >= 11 is 1.41. The highest BCUT2D eigenvalue weighted by molar-refractivity contribution is 7.19. The Bertz CT molecular complexity index is 1290. The Hall–Kier alpha value is -3.79. The summed E-state index contributed by atoms with van der Waals surface area (Å²) in [5.41, 5.74) is 2.80. The molecule has 1 fully saturated rings. The van der Waals surface area contributed by atoms with Gasteiger partial charge in [0.1, 0.15) is 16.9 Å². The van der Waals surface area contributed by atoms with Crippen molar-refractivity contribution in [3.8, 4) is 11.3 Å².